The first-order valence-corrected chi connectivity index (χ1v) is 6.30. The molecule has 7 heteroatoms. The van der Waals surface area contributed by atoms with Gasteiger partial charge in [-0.2, -0.15) is 0 Å². The number of amides is 1. The van der Waals surface area contributed by atoms with E-state index >= 15 is 0 Å². The van der Waals surface area contributed by atoms with Crippen LogP contribution in [-0.2, 0) is 14.4 Å². The Morgan fingerprint density at radius 3 is 2.21 bits per heavy atom. The molecule has 0 aliphatic rings. The van der Waals surface area contributed by atoms with Crippen LogP contribution in [0.4, 0.5) is 0 Å². The zero-order chi connectivity index (χ0) is 14.8. The summed E-state index contributed by atoms with van der Waals surface area (Å²) in [4.78, 5) is 32.7. The van der Waals surface area contributed by atoms with E-state index in [1.54, 1.807) is 0 Å². The monoisotopic (exact) mass is 274 g/mol. The van der Waals surface area contributed by atoms with Crippen LogP contribution in [0.3, 0.4) is 0 Å². The summed E-state index contributed by atoms with van der Waals surface area (Å²) in [6.45, 7) is 4.66. The maximum atomic E-state index is 11.5. The highest BCUT2D eigenvalue weighted by Crippen LogP contribution is 1.99. The summed E-state index contributed by atoms with van der Waals surface area (Å²) in [5, 5.41) is 22.8. The number of carbonyl (C=O) groups is 3. The molecule has 0 rings (SSSR count). The van der Waals surface area contributed by atoms with Gasteiger partial charge in [0.25, 0.3) is 0 Å². The summed E-state index contributed by atoms with van der Waals surface area (Å²) < 4.78 is 0. The third-order valence-electron chi connectivity index (χ3n) is 2.41. The van der Waals surface area contributed by atoms with E-state index in [4.69, 9.17) is 10.2 Å². The molecule has 0 aliphatic carbocycles. The Morgan fingerprint density at radius 2 is 1.74 bits per heavy atom. The van der Waals surface area contributed by atoms with E-state index in [9.17, 15) is 14.4 Å². The number of hydrogen-bond donors (Lipinski definition) is 4. The molecule has 0 saturated carbocycles. The second kappa shape index (κ2) is 9.32. The van der Waals surface area contributed by atoms with Gasteiger partial charge in [-0.3, -0.25) is 9.59 Å². The van der Waals surface area contributed by atoms with E-state index in [2.05, 4.69) is 10.6 Å². The smallest absolute Gasteiger partial charge is 0.326 e. The van der Waals surface area contributed by atoms with Gasteiger partial charge in [0.15, 0.2) is 0 Å². The predicted molar refractivity (Wildman–Crippen MR) is 68.8 cm³/mol. The molecule has 0 fully saturated rings. The Kier molecular flexibility index (Phi) is 8.52. The number of rotatable bonds is 10. The lowest BCUT2D eigenvalue weighted by Crippen LogP contribution is -2.41. The number of carbonyl (C=O) groups excluding carboxylic acids is 1. The van der Waals surface area contributed by atoms with Gasteiger partial charge in [0.1, 0.15) is 6.04 Å². The molecule has 7 nitrogen and oxygen atoms in total. The highest BCUT2D eigenvalue weighted by molar-refractivity contribution is 5.83. The third kappa shape index (κ3) is 10.0. The van der Waals surface area contributed by atoms with E-state index in [-0.39, 0.29) is 25.2 Å². The van der Waals surface area contributed by atoms with Gasteiger partial charge in [-0.05, 0) is 19.4 Å². The van der Waals surface area contributed by atoms with Crippen molar-refractivity contribution in [3.8, 4) is 0 Å². The zero-order valence-corrected chi connectivity index (χ0v) is 11.3. The predicted octanol–water partition coefficient (Wildman–Crippen LogP) is 0.199. The Bertz CT molecular complexity index is 317. The lowest BCUT2D eigenvalue weighted by molar-refractivity contribution is -0.143. The number of carboxylic acid groups (broad SMARTS) is 2. The fraction of sp³-hybridized carbons (Fsp3) is 0.750. The van der Waals surface area contributed by atoms with Crippen LogP contribution in [0.5, 0.6) is 0 Å². The van der Waals surface area contributed by atoms with E-state index in [1.165, 1.54) is 0 Å². The molecule has 1 atom stereocenters. The normalized spacial score (nSPS) is 12.2. The average Bonchev–Trinajstić information content (AvgIpc) is 2.29. The molecule has 0 saturated heterocycles. The summed E-state index contributed by atoms with van der Waals surface area (Å²) in [5.74, 6) is -2.67. The molecule has 0 unspecified atom stereocenters. The molecule has 4 N–H and O–H groups in total. The fourth-order valence-corrected chi connectivity index (χ4v) is 1.43. The second-order valence-electron chi connectivity index (χ2n) is 4.60. The van der Waals surface area contributed by atoms with Crippen molar-refractivity contribution in [2.24, 2.45) is 0 Å². The summed E-state index contributed by atoms with van der Waals surface area (Å²) >= 11 is 0. The maximum Gasteiger partial charge on any atom is 0.326 e. The molecule has 0 aliphatic heterocycles. The SMILES string of the molecule is CC(C)NCCCC(=O)N[C@@H](CCC(=O)O)C(=O)O. The molecule has 0 aromatic heterocycles. The second-order valence-corrected chi connectivity index (χ2v) is 4.60. The van der Waals surface area contributed by atoms with Gasteiger partial charge in [0.05, 0.1) is 0 Å². The van der Waals surface area contributed by atoms with Crippen molar-refractivity contribution in [2.45, 2.75) is 51.6 Å². The highest BCUT2D eigenvalue weighted by Gasteiger charge is 2.20. The fourth-order valence-electron chi connectivity index (χ4n) is 1.43. The van der Waals surface area contributed by atoms with Crippen molar-refractivity contribution in [1.29, 1.82) is 0 Å². The number of aliphatic carboxylic acids is 2. The van der Waals surface area contributed by atoms with Gasteiger partial charge < -0.3 is 20.8 Å². The van der Waals surface area contributed by atoms with Crippen LogP contribution in [0, 0.1) is 0 Å². The first-order chi connectivity index (χ1) is 8.82. The number of nitrogens with one attached hydrogen (secondary N) is 2. The third-order valence-corrected chi connectivity index (χ3v) is 2.41. The van der Waals surface area contributed by atoms with Gasteiger partial charge in [-0.25, -0.2) is 4.79 Å². The Balaban J connectivity index is 3.96. The lowest BCUT2D eigenvalue weighted by atomic mass is 10.1. The quantitative estimate of drug-likeness (QED) is 0.423. The first-order valence-electron chi connectivity index (χ1n) is 6.30. The molecule has 0 heterocycles. The molecule has 19 heavy (non-hydrogen) atoms. The minimum absolute atomic E-state index is 0.110. The summed E-state index contributed by atoms with van der Waals surface area (Å²) in [7, 11) is 0. The molecule has 110 valence electrons. The van der Waals surface area contributed by atoms with Crippen molar-refractivity contribution in [3.63, 3.8) is 0 Å². The topological polar surface area (TPSA) is 116 Å². The van der Waals surface area contributed by atoms with Crippen molar-refractivity contribution >= 4 is 17.8 Å². The highest BCUT2D eigenvalue weighted by atomic mass is 16.4. The summed E-state index contributed by atoms with van der Waals surface area (Å²) in [5.41, 5.74) is 0. The minimum atomic E-state index is -1.21. The molecular weight excluding hydrogens is 252 g/mol. The standard InChI is InChI=1S/C12H22N2O5/c1-8(2)13-7-3-4-10(15)14-9(12(18)19)5-6-11(16)17/h8-9,13H,3-7H2,1-2H3,(H,14,15)(H,16,17)(H,18,19)/t9-/m0/s1. The van der Waals surface area contributed by atoms with Crippen LogP contribution in [0.15, 0.2) is 0 Å². The van der Waals surface area contributed by atoms with Gasteiger partial charge in [0.2, 0.25) is 5.91 Å². The molecule has 0 aromatic rings. The van der Waals surface area contributed by atoms with Gasteiger partial charge in [0, 0.05) is 18.9 Å². The van der Waals surface area contributed by atoms with Crippen molar-refractivity contribution in [1.82, 2.24) is 10.6 Å². The summed E-state index contributed by atoms with van der Waals surface area (Å²) in [6.07, 6.45) is 0.429. The van der Waals surface area contributed by atoms with Crippen LogP contribution < -0.4 is 10.6 Å². The molecule has 0 bridgehead atoms. The molecule has 0 spiro atoms. The van der Waals surface area contributed by atoms with Crippen molar-refractivity contribution in [3.05, 3.63) is 0 Å². The molecule has 1 amide bonds. The maximum absolute atomic E-state index is 11.5. The van der Waals surface area contributed by atoms with Crippen LogP contribution in [-0.4, -0.2) is 46.7 Å². The minimum Gasteiger partial charge on any atom is -0.481 e. The molecular formula is C12H22N2O5. The Labute approximate surface area is 112 Å². The first kappa shape index (κ1) is 17.4. The average molecular weight is 274 g/mol. The van der Waals surface area contributed by atoms with Gasteiger partial charge in [-0.15, -0.1) is 0 Å². The van der Waals surface area contributed by atoms with Crippen molar-refractivity contribution in [2.75, 3.05) is 6.54 Å². The lowest BCUT2D eigenvalue weighted by Gasteiger charge is -2.13. The van der Waals surface area contributed by atoms with Crippen molar-refractivity contribution < 1.29 is 24.6 Å². The van der Waals surface area contributed by atoms with Crippen LogP contribution in [0.25, 0.3) is 0 Å². The largest absolute Gasteiger partial charge is 0.481 e. The number of hydrogen-bond acceptors (Lipinski definition) is 4. The molecule has 0 aromatic carbocycles. The van der Waals surface area contributed by atoms with Crippen LogP contribution >= 0.6 is 0 Å². The zero-order valence-electron chi connectivity index (χ0n) is 11.3. The van der Waals surface area contributed by atoms with Crippen LogP contribution in [0.2, 0.25) is 0 Å². The summed E-state index contributed by atoms with van der Waals surface area (Å²) in [6, 6.07) is -0.799. The van der Waals surface area contributed by atoms with E-state index in [0.29, 0.717) is 19.0 Å². The Morgan fingerprint density at radius 1 is 1.11 bits per heavy atom. The van der Waals surface area contributed by atoms with Gasteiger partial charge >= 0.3 is 11.9 Å². The van der Waals surface area contributed by atoms with E-state index in [0.717, 1.165) is 0 Å². The Hall–Kier alpha value is -1.63. The van der Waals surface area contributed by atoms with Crippen LogP contribution in [0.1, 0.15) is 39.5 Å². The van der Waals surface area contributed by atoms with E-state index < -0.39 is 18.0 Å². The number of carboxylic acids is 2. The molecule has 0 radical (unpaired) electrons. The van der Waals surface area contributed by atoms with E-state index in [1.807, 2.05) is 13.8 Å². The van der Waals surface area contributed by atoms with Gasteiger partial charge in [-0.1, -0.05) is 13.8 Å².